The fourth-order valence-electron chi connectivity index (χ4n) is 2.94. The van der Waals surface area contributed by atoms with Gasteiger partial charge in [0.1, 0.15) is 5.65 Å². The highest BCUT2D eigenvalue weighted by molar-refractivity contribution is 8.00. The summed E-state index contributed by atoms with van der Waals surface area (Å²) in [5, 5.41) is 2.06. The standard InChI is InChI=1S/C17H13ClN2OS/c1-10-8-14-15(22-10)13-6-3-7-19-16(13)20(17(14)21)12-5-2-4-11(18)9-12/h2-7,9-10H,8H2,1H3. The van der Waals surface area contributed by atoms with E-state index in [1.54, 1.807) is 34.7 Å². The van der Waals surface area contributed by atoms with Crippen LogP contribution in [0.3, 0.4) is 0 Å². The van der Waals surface area contributed by atoms with Crippen molar-refractivity contribution in [3.05, 3.63) is 63.5 Å². The molecular formula is C17H13ClN2OS. The second-order valence-corrected chi connectivity index (χ2v) is 7.32. The zero-order chi connectivity index (χ0) is 15.3. The first kappa shape index (κ1) is 13.9. The summed E-state index contributed by atoms with van der Waals surface area (Å²) in [5.41, 5.74) is 2.35. The van der Waals surface area contributed by atoms with E-state index in [0.29, 0.717) is 15.9 Å². The lowest BCUT2D eigenvalue weighted by Gasteiger charge is -2.13. The molecule has 1 aromatic carbocycles. The first-order chi connectivity index (χ1) is 10.6. The predicted molar refractivity (Wildman–Crippen MR) is 91.4 cm³/mol. The smallest absolute Gasteiger partial charge is 0.261 e. The van der Waals surface area contributed by atoms with Crippen LogP contribution < -0.4 is 5.56 Å². The van der Waals surface area contributed by atoms with Gasteiger partial charge in [-0.1, -0.05) is 24.6 Å². The van der Waals surface area contributed by atoms with E-state index < -0.39 is 0 Å². The van der Waals surface area contributed by atoms with Crippen molar-refractivity contribution in [2.75, 3.05) is 0 Å². The van der Waals surface area contributed by atoms with Gasteiger partial charge in [0.25, 0.3) is 5.56 Å². The average molecular weight is 329 g/mol. The maximum absolute atomic E-state index is 13.0. The molecule has 3 nitrogen and oxygen atoms in total. The van der Waals surface area contributed by atoms with Gasteiger partial charge in [-0.25, -0.2) is 4.98 Å². The van der Waals surface area contributed by atoms with Gasteiger partial charge in [0.2, 0.25) is 0 Å². The first-order valence-corrected chi connectivity index (χ1v) is 8.36. The van der Waals surface area contributed by atoms with Crippen LogP contribution in [0.25, 0.3) is 16.7 Å². The van der Waals surface area contributed by atoms with Crippen molar-refractivity contribution in [1.29, 1.82) is 0 Å². The molecule has 1 aliphatic heterocycles. The van der Waals surface area contributed by atoms with Crippen molar-refractivity contribution in [1.82, 2.24) is 9.55 Å². The molecule has 22 heavy (non-hydrogen) atoms. The molecule has 0 bridgehead atoms. The molecule has 0 amide bonds. The van der Waals surface area contributed by atoms with E-state index in [9.17, 15) is 4.79 Å². The largest absolute Gasteiger partial charge is 0.269 e. The molecular weight excluding hydrogens is 316 g/mol. The Morgan fingerprint density at radius 2 is 2.18 bits per heavy atom. The van der Waals surface area contributed by atoms with E-state index in [1.165, 1.54) is 0 Å². The van der Waals surface area contributed by atoms with Gasteiger partial charge in [0.05, 0.1) is 5.69 Å². The average Bonchev–Trinajstić information content (AvgIpc) is 2.90. The summed E-state index contributed by atoms with van der Waals surface area (Å²) in [6.45, 7) is 2.15. The van der Waals surface area contributed by atoms with E-state index in [2.05, 4.69) is 11.9 Å². The maximum Gasteiger partial charge on any atom is 0.261 e. The molecule has 3 aromatic rings. The molecule has 110 valence electrons. The molecule has 2 aromatic heterocycles. The Balaban J connectivity index is 2.14. The predicted octanol–water partition coefficient (Wildman–Crippen LogP) is 4.08. The van der Waals surface area contributed by atoms with Crippen molar-refractivity contribution in [3.8, 4) is 5.69 Å². The molecule has 0 spiro atoms. The minimum atomic E-state index is 0.0142. The zero-order valence-electron chi connectivity index (χ0n) is 11.9. The second kappa shape index (κ2) is 5.14. The van der Waals surface area contributed by atoms with Crippen molar-refractivity contribution < 1.29 is 0 Å². The number of rotatable bonds is 1. The molecule has 0 N–H and O–H groups in total. The van der Waals surface area contributed by atoms with Crippen molar-refractivity contribution in [3.63, 3.8) is 0 Å². The van der Waals surface area contributed by atoms with Crippen LogP contribution >= 0.6 is 23.4 Å². The molecule has 1 aliphatic rings. The fourth-order valence-corrected chi connectivity index (χ4v) is 4.38. The monoisotopic (exact) mass is 328 g/mol. The number of hydrogen-bond acceptors (Lipinski definition) is 3. The molecule has 0 saturated heterocycles. The summed E-state index contributed by atoms with van der Waals surface area (Å²) < 4.78 is 1.68. The third-order valence-electron chi connectivity index (χ3n) is 3.86. The third kappa shape index (κ3) is 2.06. The van der Waals surface area contributed by atoms with E-state index in [0.717, 1.165) is 28.0 Å². The van der Waals surface area contributed by atoms with Crippen molar-refractivity contribution in [2.45, 2.75) is 23.5 Å². The Hall–Kier alpha value is -1.78. The highest BCUT2D eigenvalue weighted by atomic mass is 35.5. The minimum Gasteiger partial charge on any atom is -0.269 e. The van der Waals surface area contributed by atoms with Crippen LogP contribution in [0, 0.1) is 0 Å². The number of benzene rings is 1. The maximum atomic E-state index is 13.0. The number of nitrogens with zero attached hydrogens (tertiary/aromatic N) is 2. The normalized spacial score (nSPS) is 16.9. The number of pyridine rings is 2. The highest BCUT2D eigenvalue weighted by Crippen LogP contribution is 2.39. The number of halogens is 1. The van der Waals surface area contributed by atoms with Crippen LogP contribution in [0.1, 0.15) is 12.5 Å². The van der Waals surface area contributed by atoms with Crippen molar-refractivity contribution >= 4 is 34.4 Å². The Kier molecular flexibility index (Phi) is 3.24. The van der Waals surface area contributed by atoms with Gasteiger partial charge in [0, 0.05) is 32.3 Å². The third-order valence-corrected chi connectivity index (χ3v) is 5.36. The van der Waals surface area contributed by atoms with Crippen molar-refractivity contribution in [2.24, 2.45) is 0 Å². The van der Waals surface area contributed by atoms with Gasteiger partial charge in [0.15, 0.2) is 0 Å². The lowest BCUT2D eigenvalue weighted by atomic mass is 10.1. The summed E-state index contributed by atoms with van der Waals surface area (Å²) in [7, 11) is 0. The summed E-state index contributed by atoms with van der Waals surface area (Å²) in [6.07, 6.45) is 2.52. The molecule has 3 heterocycles. The van der Waals surface area contributed by atoms with Crippen LogP contribution in [-0.4, -0.2) is 14.8 Å². The van der Waals surface area contributed by atoms with Gasteiger partial charge in [-0.3, -0.25) is 9.36 Å². The molecule has 1 unspecified atom stereocenters. The molecule has 0 saturated carbocycles. The Morgan fingerprint density at radius 1 is 1.32 bits per heavy atom. The van der Waals surface area contributed by atoms with Crippen LogP contribution in [0.15, 0.2) is 52.3 Å². The quantitative estimate of drug-likeness (QED) is 0.675. The SMILES string of the molecule is CC1Cc2c(c3cccnc3n(-c3cccc(Cl)c3)c2=O)S1. The number of hydrogen-bond donors (Lipinski definition) is 0. The molecule has 1 atom stereocenters. The summed E-state index contributed by atoms with van der Waals surface area (Å²) in [4.78, 5) is 18.5. The minimum absolute atomic E-state index is 0.0142. The van der Waals surface area contributed by atoms with Crippen LogP contribution in [0.5, 0.6) is 0 Å². The van der Waals surface area contributed by atoms with Gasteiger partial charge in [-0.2, -0.15) is 0 Å². The first-order valence-electron chi connectivity index (χ1n) is 7.10. The summed E-state index contributed by atoms with van der Waals surface area (Å²) in [6, 6.07) is 11.3. The summed E-state index contributed by atoms with van der Waals surface area (Å²) >= 11 is 7.86. The van der Waals surface area contributed by atoms with Gasteiger partial charge >= 0.3 is 0 Å². The molecule has 0 radical (unpaired) electrons. The van der Waals surface area contributed by atoms with Crippen LogP contribution in [-0.2, 0) is 6.42 Å². The van der Waals surface area contributed by atoms with Gasteiger partial charge in [-0.05, 0) is 36.8 Å². The summed E-state index contributed by atoms with van der Waals surface area (Å²) in [5.74, 6) is 0. The molecule has 0 fully saturated rings. The Bertz CT molecular complexity index is 951. The lowest BCUT2D eigenvalue weighted by Crippen LogP contribution is -2.23. The number of thioether (sulfide) groups is 1. The van der Waals surface area contributed by atoms with E-state index in [1.807, 2.05) is 24.3 Å². The van der Waals surface area contributed by atoms with E-state index in [4.69, 9.17) is 11.6 Å². The van der Waals surface area contributed by atoms with Crippen LogP contribution in [0.4, 0.5) is 0 Å². The topological polar surface area (TPSA) is 34.9 Å². The number of fused-ring (bicyclic) bond motifs is 3. The molecule has 5 heteroatoms. The zero-order valence-corrected chi connectivity index (χ0v) is 13.5. The molecule has 0 aliphatic carbocycles. The Labute approximate surface area is 136 Å². The second-order valence-electron chi connectivity index (χ2n) is 5.44. The highest BCUT2D eigenvalue weighted by Gasteiger charge is 2.26. The fraction of sp³-hybridized carbons (Fsp3) is 0.176. The van der Waals surface area contributed by atoms with E-state index in [-0.39, 0.29) is 5.56 Å². The van der Waals surface area contributed by atoms with Gasteiger partial charge < -0.3 is 0 Å². The van der Waals surface area contributed by atoms with Crippen LogP contribution in [0.2, 0.25) is 5.02 Å². The Morgan fingerprint density at radius 3 is 3.00 bits per heavy atom. The van der Waals surface area contributed by atoms with E-state index >= 15 is 0 Å². The van der Waals surface area contributed by atoms with Gasteiger partial charge in [-0.15, -0.1) is 11.8 Å². The lowest BCUT2D eigenvalue weighted by molar-refractivity contribution is 0.900. The molecule has 4 rings (SSSR count). The number of aromatic nitrogens is 2.